The fraction of sp³-hybridized carbons (Fsp3) is 0.667. The molecule has 0 aromatic heterocycles. The number of nitrogens with two attached hydrogens (primary N) is 1. The molecule has 0 aromatic rings. The molecule has 0 amide bonds. The molecule has 0 aliphatic heterocycles. The van der Waals surface area contributed by atoms with Crippen LogP contribution in [-0.2, 0) is 0 Å². The van der Waals surface area contributed by atoms with Gasteiger partial charge >= 0.3 is 0 Å². The molecule has 0 unspecified atom stereocenters. The molecule has 0 aliphatic rings. The zero-order chi connectivity index (χ0) is 7.98. The van der Waals surface area contributed by atoms with Crippen LogP contribution in [0.4, 0.5) is 0 Å². The summed E-state index contributed by atoms with van der Waals surface area (Å²) < 4.78 is 0. The Morgan fingerprint density at radius 2 is 2.00 bits per heavy atom. The van der Waals surface area contributed by atoms with E-state index in [9.17, 15) is 0 Å². The van der Waals surface area contributed by atoms with Crippen molar-refractivity contribution in [3.63, 3.8) is 0 Å². The Balaban J connectivity index is 3.74. The number of nitrogens with zero attached hydrogens (tertiary/aromatic N) is 1. The second-order valence-electron chi connectivity index (χ2n) is 1.91. The van der Waals surface area contributed by atoms with Crippen LogP contribution in [0.15, 0.2) is 5.10 Å². The van der Waals surface area contributed by atoms with Crippen LogP contribution in [-0.4, -0.2) is 11.7 Å². The van der Waals surface area contributed by atoms with E-state index in [1.54, 1.807) is 0 Å². The Bertz CT molecular complexity index is 133. The molecule has 0 bridgehead atoms. The van der Waals surface area contributed by atoms with Crippen LogP contribution < -0.4 is 11.2 Å². The molecule has 0 aliphatic carbocycles. The van der Waals surface area contributed by atoms with Gasteiger partial charge in [-0.25, -0.2) is 5.43 Å². The predicted molar refractivity (Wildman–Crippen MR) is 43.1 cm³/mol. The van der Waals surface area contributed by atoms with E-state index < -0.39 is 0 Å². The molecule has 0 radical (unpaired) electrons. The Morgan fingerprint density at radius 3 is 2.30 bits per heavy atom. The van der Waals surface area contributed by atoms with E-state index in [0.29, 0.717) is 0 Å². The normalized spacial score (nSPS) is 8.60. The number of rotatable bonds is 3. The first-order valence-corrected chi connectivity index (χ1v) is 3.36. The lowest BCUT2D eigenvalue weighted by atomic mass is 10.2. The molecule has 0 spiro atoms. The Kier molecular flexibility index (Phi) is 4.28. The molecule has 4 nitrogen and oxygen atoms in total. The number of hydrazone groups is 1. The summed E-state index contributed by atoms with van der Waals surface area (Å²) in [6, 6.07) is 0. The van der Waals surface area contributed by atoms with E-state index in [0.717, 1.165) is 18.6 Å². The lowest BCUT2D eigenvalue weighted by molar-refractivity contribution is 0.960. The van der Waals surface area contributed by atoms with Crippen molar-refractivity contribution >= 4 is 11.7 Å². The minimum Gasteiger partial charge on any atom is -0.369 e. The fourth-order valence-corrected chi connectivity index (χ4v) is 0.547. The summed E-state index contributed by atoms with van der Waals surface area (Å²) in [5.74, 6) is -0.112. The van der Waals surface area contributed by atoms with Crippen molar-refractivity contribution in [1.82, 2.24) is 5.43 Å². The van der Waals surface area contributed by atoms with Gasteiger partial charge in [-0.1, -0.05) is 13.8 Å². The molecule has 0 saturated carbocycles. The largest absolute Gasteiger partial charge is 0.369 e. The quantitative estimate of drug-likeness (QED) is 0.307. The average Bonchev–Trinajstić information content (AvgIpc) is 1.90. The van der Waals surface area contributed by atoms with Crippen LogP contribution in [0.1, 0.15) is 26.7 Å². The standard InChI is InChI=1S/C6H14N4/c1-3-5(4-2)9-10-6(7)8/h3-4H2,1-2H3,(H4,7,8,10). The van der Waals surface area contributed by atoms with Crippen molar-refractivity contribution in [3.8, 4) is 0 Å². The second-order valence-corrected chi connectivity index (χ2v) is 1.91. The smallest absolute Gasteiger partial charge is 0.206 e. The predicted octanol–water partition coefficient (Wildman–Crippen LogP) is 0.645. The maximum absolute atomic E-state index is 6.80. The summed E-state index contributed by atoms with van der Waals surface area (Å²) in [6.45, 7) is 4.04. The molecule has 4 heteroatoms. The highest BCUT2D eigenvalue weighted by atomic mass is 15.3. The van der Waals surface area contributed by atoms with Crippen LogP contribution in [0.25, 0.3) is 0 Å². The summed E-state index contributed by atoms with van der Waals surface area (Å²) >= 11 is 0. The van der Waals surface area contributed by atoms with E-state index in [1.165, 1.54) is 0 Å². The monoisotopic (exact) mass is 142 g/mol. The molecule has 58 valence electrons. The van der Waals surface area contributed by atoms with Crippen molar-refractivity contribution in [2.45, 2.75) is 26.7 Å². The third kappa shape index (κ3) is 3.88. The number of guanidine groups is 1. The molecule has 0 heterocycles. The van der Waals surface area contributed by atoms with Crippen molar-refractivity contribution < 1.29 is 0 Å². The van der Waals surface area contributed by atoms with Crippen LogP contribution in [0.5, 0.6) is 0 Å². The van der Waals surface area contributed by atoms with Gasteiger partial charge in [-0.05, 0) is 12.8 Å². The van der Waals surface area contributed by atoms with Gasteiger partial charge in [-0.3, -0.25) is 5.41 Å². The van der Waals surface area contributed by atoms with Crippen LogP contribution >= 0.6 is 0 Å². The summed E-state index contributed by atoms with van der Waals surface area (Å²) in [5, 5.41) is 10.7. The minimum absolute atomic E-state index is 0.112. The first kappa shape index (κ1) is 8.94. The summed E-state index contributed by atoms with van der Waals surface area (Å²) in [6.07, 6.45) is 1.80. The number of nitrogens with one attached hydrogen (secondary N) is 2. The fourth-order valence-electron chi connectivity index (χ4n) is 0.547. The Hall–Kier alpha value is -1.06. The molecule has 0 fully saturated rings. The highest BCUT2D eigenvalue weighted by Gasteiger charge is 1.90. The highest BCUT2D eigenvalue weighted by Crippen LogP contribution is 1.88. The van der Waals surface area contributed by atoms with Crippen molar-refractivity contribution in [2.24, 2.45) is 10.8 Å². The van der Waals surface area contributed by atoms with E-state index in [-0.39, 0.29) is 5.96 Å². The summed E-state index contributed by atoms with van der Waals surface area (Å²) in [4.78, 5) is 0. The molecule has 0 atom stereocenters. The molecule has 4 N–H and O–H groups in total. The zero-order valence-corrected chi connectivity index (χ0v) is 6.44. The van der Waals surface area contributed by atoms with Gasteiger partial charge < -0.3 is 5.73 Å². The maximum atomic E-state index is 6.80. The third-order valence-electron chi connectivity index (χ3n) is 1.15. The summed E-state index contributed by atoms with van der Waals surface area (Å²) in [7, 11) is 0. The first-order chi connectivity index (χ1) is 4.70. The molecule has 0 saturated heterocycles. The van der Waals surface area contributed by atoms with Gasteiger partial charge in [-0.15, -0.1) is 0 Å². The van der Waals surface area contributed by atoms with Crippen LogP contribution in [0.3, 0.4) is 0 Å². The number of hydrogen-bond acceptors (Lipinski definition) is 2. The van der Waals surface area contributed by atoms with Crippen molar-refractivity contribution in [1.29, 1.82) is 5.41 Å². The van der Waals surface area contributed by atoms with Gasteiger partial charge in [0.25, 0.3) is 0 Å². The van der Waals surface area contributed by atoms with Gasteiger partial charge in [-0.2, -0.15) is 5.10 Å². The molecule has 10 heavy (non-hydrogen) atoms. The van der Waals surface area contributed by atoms with E-state index in [1.807, 2.05) is 13.8 Å². The molecule has 0 rings (SSSR count). The lowest BCUT2D eigenvalue weighted by Gasteiger charge is -1.99. The lowest BCUT2D eigenvalue weighted by Crippen LogP contribution is -2.26. The van der Waals surface area contributed by atoms with Crippen molar-refractivity contribution in [3.05, 3.63) is 0 Å². The number of hydrogen-bond donors (Lipinski definition) is 3. The third-order valence-corrected chi connectivity index (χ3v) is 1.15. The van der Waals surface area contributed by atoms with E-state index >= 15 is 0 Å². The van der Waals surface area contributed by atoms with Gasteiger partial charge in [0.05, 0.1) is 0 Å². The molecule has 0 aromatic carbocycles. The average molecular weight is 142 g/mol. The highest BCUT2D eigenvalue weighted by molar-refractivity contribution is 5.85. The van der Waals surface area contributed by atoms with Gasteiger partial charge in [0.15, 0.2) is 0 Å². The Morgan fingerprint density at radius 1 is 1.50 bits per heavy atom. The van der Waals surface area contributed by atoms with Gasteiger partial charge in [0.1, 0.15) is 0 Å². The van der Waals surface area contributed by atoms with E-state index in [2.05, 4.69) is 10.5 Å². The van der Waals surface area contributed by atoms with Gasteiger partial charge in [0.2, 0.25) is 5.96 Å². The van der Waals surface area contributed by atoms with E-state index in [4.69, 9.17) is 11.1 Å². The first-order valence-electron chi connectivity index (χ1n) is 3.36. The van der Waals surface area contributed by atoms with Gasteiger partial charge in [0, 0.05) is 5.71 Å². The van der Waals surface area contributed by atoms with Crippen molar-refractivity contribution in [2.75, 3.05) is 0 Å². The zero-order valence-electron chi connectivity index (χ0n) is 6.44. The minimum atomic E-state index is -0.112. The SMILES string of the molecule is CCC(CC)=NNC(=N)N. The maximum Gasteiger partial charge on any atom is 0.206 e. The summed E-state index contributed by atoms with van der Waals surface area (Å²) in [5.41, 5.74) is 8.44. The molecular formula is C6H14N4. The second kappa shape index (κ2) is 4.78. The van der Waals surface area contributed by atoms with Crippen LogP contribution in [0.2, 0.25) is 0 Å². The Labute approximate surface area is 61.0 Å². The molecular weight excluding hydrogens is 128 g/mol. The topological polar surface area (TPSA) is 74.3 Å². The van der Waals surface area contributed by atoms with Crippen LogP contribution in [0, 0.1) is 5.41 Å².